The number of nitrogens with one attached hydrogen (secondary N) is 1. The van der Waals surface area contributed by atoms with E-state index < -0.39 is 0 Å². The van der Waals surface area contributed by atoms with Gasteiger partial charge < -0.3 is 24.4 Å². The van der Waals surface area contributed by atoms with Crippen LogP contribution in [0, 0.1) is 0 Å². The van der Waals surface area contributed by atoms with Crippen molar-refractivity contribution >= 4 is 40.0 Å². The summed E-state index contributed by atoms with van der Waals surface area (Å²) >= 11 is 3.43. The van der Waals surface area contributed by atoms with Crippen LogP contribution in [0.3, 0.4) is 0 Å². The van der Waals surface area contributed by atoms with Crippen molar-refractivity contribution in [3.8, 4) is 11.5 Å². The van der Waals surface area contributed by atoms with Crippen LogP contribution in [0.2, 0.25) is 0 Å². The molecular weight excluding hydrogens is 466 g/mol. The standard InChI is InChI=1S/C20H26BrN7O3/c1-2-31-16-12-15(21)11-14(17(16)29)13-22-26-18-23-19(27-5-3-4-6-27)25-20(24-18)28-7-9-30-10-8-28/h11-13,29H,2-10H2,1H3,(H,23,24,25,26)/b22-13+. The van der Waals surface area contributed by atoms with Crippen LogP contribution in [0.1, 0.15) is 25.3 Å². The summed E-state index contributed by atoms with van der Waals surface area (Å²) in [5, 5.41) is 14.7. The number of hydrogen-bond donors (Lipinski definition) is 2. The average molecular weight is 492 g/mol. The van der Waals surface area contributed by atoms with Gasteiger partial charge in [-0.05, 0) is 31.9 Å². The van der Waals surface area contributed by atoms with Gasteiger partial charge in [0, 0.05) is 36.2 Å². The number of morpholine rings is 1. The molecule has 0 saturated carbocycles. The second kappa shape index (κ2) is 10.1. The molecule has 0 aliphatic carbocycles. The SMILES string of the molecule is CCOc1cc(Br)cc(/C=N/Nc2nc(N3CCCC3)nc(N3CCOCC3)n2)c1O. The Hall–Kier alpha value is -2.66. The van der Waals surface area contributed by atoms with Crippen molar-refractivity contribution in [3.63, 3.8) is 0 Å². The van der Waals surface area contributed by atoms with Crippen molar-refractivity contribution in [2.45, 2.75) is 19.8 Å². The number of aromatic nitrogens is 3. The van der Waals surface area contributed by atoms with E-state index in [-0.39, 0.29) is 5.75 Å². The second-order valence-corrected chi connectivity index (χ2v) is 8.11. The van der Waals surface area contributed by atoms with Crippen molar-refractivity contribution in [2.24, 2.45) is 5.10 Å². The van der Waals surface area contributed by atoms with Crippen molar-refractivity contribution in [1.29, 1.82) is 0 Å². The smallest absolute Gasteiger partial charge is 0.250 e. The van der Waals surface area contributed by atoms with Gasteiger partial charge in [-0.2, -0.15) is 20.1 Å². The molecule has 2 N–H and O–H groups in total. The first kappa shape index (κ1) is 21.6. The number of ether oxygens (including phenoxy) is 2. The number of halogens is 1. The number of rotatable bonds is 7. The van der Waals surface area contributed by atoms with Crippen molar-refractivity contribution in [2.75, 3.05) is 61.2 Å². The lowest BCUT2D eigenvalue weighted by Gasteiger charge is -2.27. The first-order valence-electron chi connectivity index (χ1n) is 10.4. The zero-order valence-corrected chi connectivity index (χ0v) is 19.0. The molecule has 10 nitrogen and oxygen atoms in total. The van der Waals surface area contributed by atoms with Crippen LogP contribution >= 0.6 is 15.9 Å². The Bertz CT molecular complexity index is 931. The Kier molecular flexibility index (Phi) is 7.03. The molecule has 11 heteroatoms. The molecule has 31 heavy (non-hydrogen) atoms. The van der Waals surface area contributed by atoms with E-state index in [1.165, 1.54) is 6.21 Å². The van der Waals surface area contributed by atoms with Crippen LogP contribution < -0.4 is 20.0 Å². The molecule has 0 radical (unpaired) electrons. The summed E-state index contributed by atoms with van der Waals surface area (Å²) < 4.78 is 11.7. The summed E-state index contributed by atoms with van der Waals surface area (Å²) in [6.45, 7) is 6.94. The summed E-state index contributed by atoms with van der Waals surface area (Å²) in [5.74, 6) is 2.04. The van der Waals surface area contributed by atoms with Crippen LogP contribution in [0.5, 0.6) is 11.5 Å². The fraction of sp³-hybridized carbons (Fsp3) is 0.500. The monoisotopic (exact) mass is 491 g/mol. The fourth-order valence-corrected chi connectivity index (χ4v) is 3.94. The summed E-state index contributed by atoms with van der Waals surface area (Å²) in [4.78, 5) is 18.0. The molecule has 2 fully saturated rings. The number of hydrogen-bond acceptors (Lipinski definition) is 10. The minimum absolute atomic E-state index is 0.0259. The van der Waals surface area contributed by atoms with Crippen molar-refractivity contribution < 1.29 is 14.6 Å². The molecule has 166 valence electrons. The normalized spacial score (nSPS) is 16.8. The zero-order chi connectivity index (χ0) is 21.6. The maximum atomic E-state index is 10.4. The molecule has 0 amide bonds. The van der Waals surface area contributed by atoms with Gasteiger partial charge in [0.1, 0.15) is 0 Å². The maximum absolute atomic E-state index is 10.4. The Morgan fingerprint density at radius 1 is 1.13 bits per heavy atom. The molecule has 2 aromatic rings. The number of benzene rings is 1. The molecule has 2 saturated heterocycles. The van der Waals surface area contributed by atoms with E-state index in [1.54, 1.807) is 12.1 Å². The average Bonchev–Trinajstić information content (AvgIpc) is 3.32. The van der Waals surface area contributed by atoms with Gasteiger partial charge in [-0.3, -0.25) is 0 Å². The number of anilines is 3. The molecule has 0 bridgehead atoms. The Morgan fingerprint density at radius 2 is 1.81 bits per heavy atom. The van der Waals surface area contributed by atoms with Crippen LogP contribution in [0.25, 0.3) is 0 Å². The summed E-state index contributed by atoms with van der Waals surface area (Å²) in [5.41, 5.74) is 3.40. The number of phenolic OH excluding ortho intramolecular Hbond substituents is 1. The third-order valence-corrected chi connectivity index (χ3v) is 5.49. The van der Waals surface area contributed by atoms with E-state index in [1.807, 2.05) is 6.92 Å². The number of phenols is 1. The highest BCUT2D eigenvalue weighted by atomic mass is 79.9. The van der Waals surface area contributed by atoms with Crippen LogP contribution in [0.4, 0.5) is 17.8 Å². The fourth-order valence-electron chi connectivity index (χ4n) is 3.49. The predicted octanol–water partition coefficient (Wildman–Crippen LogP) is 2.62. The minimum Gasteiger partial charge on any atom is -0.504 e. The van der Waals surface area contributed by atoms with Gasteiger partial charge in [0.2, 0.25) is 17.8 Å². The molecule has 0 atom stereocenters. The molecule has 1 aromatic carbocycles. The van der Waals surface area contributed by atoms with Gasteiger partial charge in [-0.25, -0.2) is 5.43 Å². The van der Waals surface area contributed by atoms with E-state index in [0.29, 0.717) is 49.0 Å². The lowest BCUT2D eigenvalue weighted by atomic mass is 10.2. The molecular formula is C20H26BrN7O3. The lowest BCUT2D eigenvalue weighted by molar-refractivity contribution is 0.122. The lowest BCUT2D eigenvalue weighted by Crippen LogP contribution is -2.38. The Morgan fingerprint density at radius 3 is 2.48 bits per heavy atom. The number of aromatic hydroxyl groups is 1. The number of hydrazone groups is 1. The summed E-state index contributed by atoms with van der Waals surface area (Å²) in [6, 6.07) is 3.47. The quantitative estimate of drug-likeness (QED) is 0.446. The molecule has 2 aliphatic rings. The molecule has 0 unspecified atom stereocenters. The van der Waals surface area contributed by atoms with Gasteiger partial charge in [0.25, 0.3) is 0 Å². The third-order valence-electron chi connectivity index (χ3n) is 5.03. The van der Waals surface area contributed by atoms with E-state index >= 15 is 0 Å². The van der Waals surface area contributed by atoms with Gasteiger partial charge in [-0.15, -0.1) is 0 Å². The first-order chi connectivity index (χ1) is 15.1. The zero-order valence-electron chi connectivity index (χ0n) is 17.4. The highest BCUT2D eigenvalue weighted by molar-refractivity contribution is 9.10. The van der Waals surface area contributed by atoms with Gasteiger partial charge in [0.15, 0.2) is 11.5 Å². The molecule has 3 heterocycles. The largest absolute Gasteiger partial charge is 0.504 e. The first-order valence-corrected chi connectivity index (χ1v) is 11.2. The summed E-state index contributed by atoms with van der Waals surface area (Å²) in [6.07, 6.45) is 3.77. The highest BCUT2D eigenvalue weighted by Gasteiger charge is 2.21. The van der Waals surface area contributed by atoms with E-state index in [2.05, 4.69) is 51.2 Å². The minimum atomic E-state index is 0.0259. The van der Waals surface area contributed by atoms with E-state index in [4.69, 9.17) is 9.47 Å². The van der Waals surface area contributed by atoms with Gasteiger partial charge >= 0.3 is 0 Å². The second-order valence-electron chi connectivity index (χ2n) is 7.20. The molecule has 2 aliphatic heterocycles. The van der Waals surface area contributed by atoms with Gasteiger partial charge in [-0.1, -0.05) is 15.9 Å². The highest BCUT2D eigenvalue weighted by Crippen LogP contribution is 2.33. The van der Waals surface area contributed by atoms with Crippen molar-refractivity contribution in [3.05, 3.63) is 22.2 Å². The van der Waals surface area contributed by atoms with Crippen LogP contribution in [-0.2, 0) is 4.74 Å². The molecule has 0 spiro atoms. The van der Waals surface area contributed by atoms with Crippen molar-refractivity contribution in [1.82, 2.24) is 15.0 Å². The summed E-state index contributed by atoms with van der Waals surface area (Å²) in [7, 11) is 0. The van der Waals surface area contributed by atoms with E-state index in [0.717, 1.165) is 43.5 Å². The number of nitrogens with zero attached hydrogens (tertiary/aromatic N) is 6. The molecule has 1 aromatic heterocycles. The topological polar surface area (TPSA) is 108 Å². The van der Waals surface area contributed by atoms with Crippen LogP contribution in [0.15, 0.2) is 21.7 Å². The Balaban J connectivity index is 1.56. The van der Waals surface area contributed by atoms with Gasteiger partial charge in [0.05, 0.1) is 26.0 Å². The maximum Gasteiger partial charge on any atom is 0.250 e. The predicted molar refractivity (Wildman–Crippen MR) is 122 cm³/mol. The third kappa shape index (κ3) is 5.34. The van der Waals surface area contributed by atoms with Crippen LogP contribution in [-0.4, -0.2) is 72.3 Å². The van der Waals surface area contributed by atoms with E-state index in [9.17, 15) is 5.11 Å². The molecule has 4 rings (SSSR count). The Labute approximate surface area is 189 Å².